The van der Waals surface area contributed by atoms with Gasteiger partial charge in [0.2, 0.25) is 0 Å². The predicted octanol–water partition coefficient (Wildman–Crippen LogP) is -6.08. The minimum atomic E-state index is -4.21. The van der Waals surface area contributed by atoms with E-state index in [4.69, 9.17) is 4.74 Å². The number of amides is 1. The second-order valence-corrected chi connectivity index (χ2v) is 10.0. The van der Waals surface area contributed by atoms with Crippen LogP contribution in [0.5, 0.6) is 0 Å². The molecule has 1 aromatic carbocycles. The topological polar surface area (TPSA) is 169 Å². The molecule has 10 nitrogen and oxygen atoms in total. The molecule has 4 atom stereocenters. The molecular weight excluding hydrogens is 451 g/mol. The van der Waals surface area contributed by atoms with Gasteiger partial charge in [-0.2, -0.15) is 5.09 Å². The van der Waals surface area contributed by atoms with Crippen LogP contribution in [-0.4, -0.2) is 41.2 Å². The van der Waals surface area contributed by atoms with Crippen molar-refractivity contribution in [1.82, 2.24) is 10.4 Å². The van der Waals surface area contributed by atoms with E-state index in [9.17, 15) is 29.6 Å². The second-order valence-electron chi connectivity index (χ2n) is 8.03. The number of carboxylic acids is 1. The van der Waals surface area contributed by atoms with Gasteiger partial charge in [-0.15, -0.1) is 0 Å². The summed E-state index contributed by atoms with van der Waals surface area (Å²) in [7, 11) is -4.21. The molecular formula is C21H32Li2N3O7P. The fraction of sp³-hybridized carbons (Fsp3) is 0.571. The van der Waals surface area contributed by atoms with Crippen LogP contribution < -0.4 is 63.2 Å². The Morgan fingerprint density at radius 2 is 1.74 bits per heavy atom. The number of benzene rings is 1. The molecule has 0 aliphatic rings. The summed E-state index contributed by atoms with van der Waals surface area (Å²) in [6.45, 7) is 6.98. The predicted molar refractivity (Wildman–Crippen MR) is 116 cm³/mol. The summed E-state index contributed by atoms with van der Waals surface area (Å²) in [4.78, 5) is 49.7. The Hall–Kier alpha value is -1.07. The molecule has 180 valence electrons. The number of nitrogens with zero attached hydrogens (tertiary/aromatic N) is 1. The summed E-state index contributed by atoms with van der Waals surface area (Å²) in [6.07, 6.45) is -0.968. The van der Waals surface area contributed by atoms with Gasteiger partial charge in [-0.25, -0.2) is 9.69 Å². The minimum Gasteiger partial charge on any atom is -0.861 e. The van der Waals surface area contributed by atoms with Crippen LogP contribution in [0.2, 0.25) is 0 Å². The van der Waals surface area contributed by atoms with Gasteiger partial charge >= 0.3 is 43.8 Å². The van der Waals surface area contributed by atoms with E-state index in [1.54, 1.807) is 52.0 Å². The molecule has 3 N–H and O–H groups in total. The van der Waals surface area contributed by atoms with Gasteiger partial charge in [-0.3, -0.25) is 10.3 Å². The van der Waals surface area contributed by atoms with Crippen molar-refractivity contribution >= 4 is 25.8 Å². The Kier molecular flexibility index (Phi) is 17.9. The van der Waals surface area contributed by atoms with E-state index in [0.29, 0.717) is 6.42 Å². The van der Waals surface area contributed by atoms with Gasteiger partial charge in [-0.05, 0) is 29.7 Å². The molecule has 0 aliphatic heterocycles. The summed E-state index contributed by atoms with van der Waals surface area (Å²) >= 11 is 0. The Balaban J connectivity index is 0. The molecule has 1 amide bonds. The molecule has 0 bridgehead atoms. The first kappa shape index (κ1) is 35.1. The number of hydrogen-bond donors (Lipinski definition) is 3. The summed E-state index contributed by atoms with van der Waals surface area (Å²) in [5.41, 5.74) is 0.751. The molecule has 0 heterocycles. The van der Waals surface area contributed by atoms with Crippen molar-refractivity contribution in [3.63, 3.8) is 0 Å². The van der Waals surface area contributed by atoms with Crippen LogP contribution in [0.15, 0.2) is 35.3 Å². The van der Waals surface area contributed by atoms with Gasteiger partial charge in [0, 0.05) is 0 Å². The smallest absolute Gasteiger partial charge is 0.861 e. The maximum atomic E-state index is 12.6. The van der Waals surface area contributed by atoms with Crippen LogP contribution >= 0.6 is 7.87 Å². The van der Waals surface area contributed by atoms with Crippen molar-refractivity contribution < 1.29 is 72.0 Å². The molecule has 2 unspecified atom stereocenters. The molecule has 1 rings (SSSR count). The minimum absolute atomic E-state index is 0. The van der Waals surface area contributed by atoms with Crippen molar-refractivity contribution in [3.8, 4) is 0 Å². The summed E-state index contributed by atoms with van der Waals surface area (Å²) in [5.74, 6) is -2.83. The van der Waals surface area contributed by atoms with Gasteiger partial charge in [0.25, 0.3) is 0 Å². The number of nitrogens with one attached hydrogen (secondary N) is 2. The Morgan fingerprint density at radius 1 is 1.15 bits per heavy atom. The zero-order valence-corrected chi connectivity index (χ0v) is 21.7. The first-order chi connectivity index (χ1) is 14.9. The number of rotatable bonds is 13. The van der Waals surface area contributed by atoms with Crippen LogP contribution in [0, 0.1) is 11.8 Å². The van der Waals surface area contributed by atoms with E-state index in [-0.39, 0.29) is 56.7 Å². The van der Waals surface area contributed by atoms with Crippen LogP contribution in [0.4, 0.5) is 4.79 Å². The third kappa shape index (κ3) is 13.7. The number of ether oxygens (including phenoxy) is 1. The van der Waals surface area contributed by atoms with E-state index < -0.39 is 50.1 Å². The third-order valence-corrected chi connectivity index (χ3v) is 6.01. The molecule has 34 heavy (non-hydrogen) atoms. The SMILES string of the molecule is CCC(C)[C@H](N=C([O-])[C@H](CC(C)C)N[P+]([O-])(O)CNC(=O)OCc1ccccc1)C(=O)[O-].[Li+].[Li+]. The molecule has 0 fully saturated rings. The maximum absolute atomic E-state index is 12.6. The van der Waals surface area contributed by atoms with Crippen LogP contribution in [0.3, 0.4) is 0 Å². The number of alkyl carbamates (subject to hydrolysis) is 1. The Morgan fingerprint density at radius 3 is 2.24 bits per heavy atom. The van der Waals surface area contributed by atoms with Crippen molar-refractivity contribution in [2.75, 3.05) is 6.29 Å². The van der Waals surface area contributed by atoms with Crippen molar-refractivity contribution in [1.29, 1.82) is 0 Å². The van der Waals surface area contributed by atoms with Crippen molar-refractivity contribution in [2.45, 2.75) is 59.2 Å². The monoisotopic (exact) mass is 483 g/mol. The number of carbonyl (C=O) groups is 2. The first-order valence-electron chi connectivity index (χ1n) is 10.4. The van der Waals surface area contributed by atoms with Crippen molar-refractivity contribution in [3.05, 3.63) is 35.9 Å². The Bertz CT molecular complexity index is 770. The zero-order chi connectivity index (χ0) is 24.3. The second kappa shape index (κ2) is 17.4. The third-order valence-electron chi connectivity index (χ3n) is 4.70. The number of carbonyl (C=O) groups excluding carboxylic acids is 2. The average Bonchev–Trinajstić information content (AvgIpc) is 2.73. The van der Waals surface area contributed by atoms with Crippen molar-refractivity contribution in [2.24, 2.45) is 16.8 Å². The molecule has 13 heteroatoms. The molecule has 0 radical (unpaired) electrons. The zero-order valence-electron chi connectivity index (χ0n) is 20.8. The number of aliphatic carboxylic acids is 1. The molecule has 0 saturated carbocycles. The number of hydrogen-bond acceptors (Lipinski definition) is 9. The molecule has 0 spiro atoms. The number of carboxylic acid groups (broad SMARTS) is 1. The fourth-order valence-electron chi connectivity index (χ4n) is 2.78. The van der Waals surface area contributed by atoms with E-state index in [2.05, 4.69) is 15.4 Å². The molecule has 0 aromatic heterocycles. The van der Waals surface area contributed by atoms with Crippen LogP contribution in [0.1, 0.15) is 46.1 Å². The summed E-state index contributed by atoms with van der Waals surface area (Å²) in [5, 5.41) is 28.5. The van der Waals surface area contributed by atoms with Crippen LogP contribution in [-0.2, 0) is 16.1 Å². The largest absolute Gasteiger partial charge is 1.00 e. The van der Waals surface area contributed by atoms with E-state index in [1.165, 1.54) is 0 Å². The molecule has 1 aromatic rings. The van der Waals surface area contributed by atoms with Crippen LogP contribution in [0.25, 0.3) is 0 Å². The van der Waals surface area contributed by atoms with Gasteiger partial charge in [0.1, 0.15) is 6.61 Å². The van der Waals surface area contributed by atoms with E-state index in [0.717, 1.165) is 5.56 Å². The summed E-state index contributed by atoms with van der Waals surface area (Å²) < 4.78 is 4.99. The maximum Gasteiger partial charge on any atom is 1.00 e. The average molecular weight is 483 g/mol. The van der Waals surface area contributed by atoms with Gasteiger partial charge < -0.3 is 24.6 Å². The first-order valence-corrected chi connectivity index (χ1v) is 12.3. The molecule has 0 saturated heterocycles. The van der Waals surface area contributed by atoms with Gasteiger partial charge in [-0.1, -0.05) is 64.4 Å². The van der Waals surface area contributed by atoms with E-state index >= 15 is 0 Å². The van der Waals surface area contributed by atoms with Gasteiger partial charge in [0.15, 0.2) is 14.2 Å². The van der Waals surface area contributed by atoms with Gasteiger partial charge in [0.05, 0.1) is 18.1 Å². The molecule has 0 aliphatic carbocycles. The number of aliphatic imine (C=N–C) groups is 1. The fourth-order valence-corrected chi connectivity index (χ4v) is 3.92. The standard InChI is InChI=1S/C21H34N3O7P.2Li/c1-5-15(4)18(20(26)27)23-19(25)17(11-14(2)3)24-32(29,30)13-22-21(28)31-12-16-9-7-6-8-10-16;;/h6-10,14-15,17-18H,5,11-13H2,1-4H3,(H,22,28)(H,23,25)(H,26,27)(H2,24,29,30);;/q;2*+1/p-2/t15?,17-,18-;;/m0../s1. The van der Waals surface area contributed by atoms with E-state index in [1.807, 2.05) is 6.07 Å². The Labute approximate surface area is 225 Å². The normalized spacial score (nSPS) is 15.7. The quantitative estimate of drug-likeness (QED) is 0.108. The summed E-state index contributed by atoms with van der Waals surface area (Å²) in [6, 6.07) is 6.35.